The Hall–Kier alpha value is -2.64. The van der Waals surface area contributed by atoms with Crippen LogP contribution in [0.3, 0.4) is 0 Å². The van der Waals surface area contributed by atoms with Crippen LogP contribution in [0.1, 0.15) is 41.0 Å². The highest BCUT2D eigenvalue weighted by Crippen LogP contribution is 2.46. The second-order valence-electron chi connectivity index (χ2n) is 9.56. The molecule has 4 rings (SSSR count). The third-order valence-corrected chi connectivity index (χ3v) is 8.04. The van der Waals surface area contributed by atoms with Gasteiger partial charge >= 0.3 is 6.18 Å². The van der Waals surface area contributed by atoms with Crippen LogP contribution in [0.15, 0.2) is 23.7 Å². The van der Waals surface area contributed by atoms with Crippen molar-refractivity contribution in [2.24, 2.45) is 5.41 Å². The second-order valence-corrected chi connectivity index (χ2v) is 10.5. The molecule has 6 nitrogen and oxygen atoms in total. The molecule has 1 atom stereocenters. The number of piperidine rings is 1. The van der Waals surface area contributed by atoms with Crippen molar-refractivity contribution in [3.05, 3.63) is 45.4 Å². The summed E-state index contributed by atoms with van der Waals surface area (Å²) in [6.07, 6.45) is -2.28. The van der Waals surface area contributed by atoms with Gasteiger partial charge in [-0.1, -0.05) is 0 Å². The van der Waals surface area contributed by atoms with Crippen LogP contribution < -0.4 is 4.90 Å². The van der Waals surface area contributed by atoms with Crippen LogP contribution in [0, 0.1) is 23.7 Å². The first-order valence-corrected chi connectivity index (χ1v) is 12.1. The first-order chi connectivity index (χ1) is 16.0. The minimum atomic E-state index is -4.64. The number of likely N-dealkylation sites (N-methyl/N-ethyl adjacent to an activating group) is 1. The van der Waals surface area contributed by atoms with Crippen molar-refractivity contribution in [3.63, 3.8) is 0 Å². The number of amides is 1. The highest BCUT2D eigenvalue weighted by Gasteiger charge is 2.49. The molecule has 2 fully saturated rings. The van der Waals surface area contributed by atoms with Crippen molar-refractivity contribution in [2.45, 2.75) is 44.9 Å². The summed E-state index contributed by atoms with van der Waals surface area (Å²) in [5.41, 5.74) is 1.74. The summed E-state index contributed by atoms with van der Waals surface area (Å²) in [6, 6.07) is 4.87. The van der Waals surface area contributed by atoms with Crippen molar-refractivity contribution in [2.75, 3.05) is 38.6 Å². The Kier molecular flexibility index (Phi) is 6.62. The van der Waals surface area contributed by atoms with Crippen molar-refractivity contribution < 1.29 is 18.0 Å². The molecule has 0 N–H and O–H groups in total. The second kappa shape index (κ2) is 9.19. The Bertz CT molecular complexity index is 1100. The average molecular weight is 492 g/mol. The van der Waals surface area contributed by atoms with E-state index in [4.69, 9.17) is 5.26 Å². The van der Waals surface area contributed by atoms with E-state index in [2.05, 4.69) is 9.88 Å². The molecule has 2 aliphatic rings. The number of rotatable bonds is 4. The summed E-state index contributed by atoms with van der Waals surface area (Å²) in [5.74, 6) is -0.113. The molecule has 182 valence electrons. The van der Waals surface area contributed by atoms with E-state index >= 15 is 0 Å². The van der Waals surface area contributed by atoms with Crippen LogP contribution >= 0.6 is 11.3 Å². The molecule has 0 radical (unpaired) electrons. The molecule has 2 aromatic rings. The molecular formula is C24H28F3N5OS. The minimum Gasteiger partial charge on any atom is -0.359 e. The first-order valence-electron chi connectivity index (χ1n) is 11.2. The van der Waals surface area contributed by atoms with Crippen LogP contribution in [-0.4, -0.2) is 60.5 Å². The number of carbonyl (C=O) groups excluding carboxylic acids is 1. The number of halogens is 3. The van der Waals surface area contributed by atoms with Gasteiger partial charge in [0.2, 0.25) is 5.91 Å². The highest BCUT2D eigenvalue weighted by molar-refractivity contribution is 7.09. The van der Waals surface area contributed by atoms with Crippen molar-refractivity contribution in [1.29, 1.82) is 5.26 Å². The van der Waals surface area contributed by atoms with Gasteiger partial charge in [0.1, 0.15) is 6.04 Å². The third kappa shape index (κ3) is 4.77. The lowest BCUT2D eigenvalue weighted by atomic mass is 9.76. The topological polar surface area (TPSA) is 63.5 Å². The van der Waals surface area contributed by atoms with E-state index in [0.717, 1.165) is 44.2 Å². The van der Waals surface area contributed by atoms with E-state index in [1.807, 2.05) is 17.3 Å². The number of nitrogens with zero attached hydrogens (tertiary/aromatic N) is 5. The van der Waals surface area contributed by atoms with Crippen molar-refractivity contribution in [3.8, 4) is 6.07 Å². The number of hydrogen-bond donors (Lipinski definition) is 0. The van der Waals surface area contributed by atoms with E-state index in [1.165, 1.54) is 21.9 Å². The van der Waals surface area contributed by atoms with Gasteiger partial charge in [0.25, 0.3) is 0 Å². The summed E-state index contributed by atoms with van der Waals surface area (Å²) in [5, 5.41) is 9.15. The van der Waals surface area contributed by atoms with Gasteiger partial charge in [-0.25, -0.2) is 4.98 Å². The Labute approximate surface area is 201 Å². The molecule has 1 spiro atoms. The lowest BCUT2D eigenvalue weighted by molar-refractivity contribution is -0.137. The predicted octanol–water partition coefficient (Wildman–Crippen LogP) is 4.29. The van der Waals surface area contributed by atoms with Crippen LogP contribution in [0.4, 0.5) is 18.9 Å². The summed E-state index contributed by atoms with van der Waals surface area (Å²) < 4.78 is 40.8. The Morgan fingerprint density at radius 2 is 2.03 bits per heavy atom. The van der Waals surface area contributed by atoms with Gasteiger partial charge in [0, 0.05) is 37.7 Å². The van der Waals surface area contributed by atoms with Crippen LogP contribution in [0.5, 0.6) is 0 Å². The van der Waals surface area contributed by atoms with E-state index in [9.17, 15) is 18.0 Å². The summed E-state index contributed by atoms with van der Waals surface area (Å²) in [6.45, 7) is 5.12. The number of thiazole rings is 1. The van der Waals surface area contributed by atoms with E-state index in [0.29, 0.717) is 18.7 Å². The molecule has 1 amide bonds. The fourth-order valence-electron chi connectivity index (χ4n) is 5.12. The molecular weight excluding hydrogens is 463 g/mol. The fourth-order valence-corrected chi connectivity index (χ4v) is 5.94. The third-order valence-electron chi connectivity index (χ3n) is 7.12. The van der Waals surface area contributed by atoms with Gasteiger partial charge in [-0.15, -0.1) is 11.3 Å². The molecule has 1 unspecified atom stereocenters. The molecule has 1 aromatic carbocycles. The minimum absolute atomic E-state index is 0.113. The lowest BCUT2D eigenvalue weighted by Crippen LogP contribution is -2.43. The zero-order chi connectivity index (χ0) is 24.7. The lowest BCUT2D eigenvalue weighted by Gasteiger charge is -2.39. The van der Waals surface area contributed by atoms with Crippen LogP contribution in [0.25, 0.3) is 0 Å². The number of nitriles is 1. The zero-order valence-corrected chi connectivity index (χ0v) is 20.3. The van der Waals surface area contributed by atoms with Gasteiger partial charge in [-0.05, 0) is 62.9 Å². The molecule has 0 saturated carbocycles. The van der Waals surface area contributed by atoms with Crippen LogP contribution in [-0.2, 0) is 17.5 Å². The largest absolute Gasteiger partial charge is 0.417 e. The highest BCUT2D eigenvalue weighted by atomic mass is 32.1. The predicted molar refractivity (Wildman–Crippen MR) is 124 cm³/mol. The standard InChI is InChI=1S/C24H28F3N5OS/c1-16-21(34-15-29-16)13-31-8-6-23(7-9-31)11-20(22(33)30(2)3)32(14-23)18-5-4-17(12-28)19(10-18)24(25,26)27/h4-5,10,15,20H,6-9,11,13-14H2,1-3H3. The molecule has 1 aromatic heterocycles. The monoisotopic (exact) mass is 491 g/mol. The van der Waals surface area contributed by atoms with Gasteiger partial charge in [-0.2, -0.15) is 18.4 Å². The molecule has 34 heavy (non-hydrogen) atoms. The normalized spacial score (nSPS) is 20.5. The summed E-state index contributed by atoms with van der Waals surface area (Å²) in [4.78, 5) is 24.4. The van der Waals surface area contributed by atoms with E-state index < -0.39 is 23.3 Å². The van der Waals surface area contributed by atoms with Gasteiger partial charge in [-0.3, -0.25) is 9.69 Å². The van der Waals surface area contributed by atoms with E-state index in [1.54, 1.807) is 31.5 Å². The van der Waals surface area contributed by atoms with E-state index in [-0.39, 0.29) is 11.3 Å². The quantitative estimate of drug-likeness (QED) is 0.639. The summed E-state index contributed by atoms with van der Waals surface area (Å²) >= 11 is 1.65. The number of hydrogen-bond acceptors (Lipinski definition) is 6. The maximum atomic E-state index is 13.6. The van der Waals surface area contributed by atoms with Crippen LogP contribution in [0.2, 0.25) is 0 Å². The number of benzene rings is 1. The Balaban J connectivity index is 1.58. The smallest absolute Gasteiger partial charge is 0.359 e. The zero-order valence-electron chi connectivity index (χ0n) is 19.5. The Morgan fingerprint density at radius 1 is 1.32 bits per heavy atom. The molecule has 10 heteroatoms. The first kappa shape index (κ1) is 24.5. The number of anilines is 1. The molecule has 3 heterocycles. The molecule has 0 bridgehead atoms. The van der Waals surface area contributed by atoms with Crippen molar-refractivity contribution >= 4 is 22.9 Å². The number of carbonyl (C=O) groups is 1. The molecule has 2 saturated heterocycles. The molecule has 0 aliphatic carbocycles. The van der Waals surface area contributed by atoms with Gasteiger partial charge < -0.3 is 9.80 Å². The maximum Gasteiger partial charge on any atom is 0.417 e. The Morgan fingerprint density at radius 3 is 2.59 bits per heavy atom. The SMILES string of the molecule is Cc1ncsc1CN1CCC2(CC1)CC(C(=O)N(C)C)N(c1ccc(C#N)c(C(F)(F)F)c1)C2. The summed E-state index contributed by atoms with van der Waals surface area (Å²) in [7, 11) is 3.34. The van der Waals surface area contributed by atoms with Gasteiger partial charge in [0.15, 0.2) is 0 Å². The van der Waals surface area contributed by atoms with Gasteiger partial charge in [0.05, 0.1) is 28.4 Å². The van der Waals surface area contributed by atoms with Crippen molar-refractivity contribution in [1.82, 2.24) is 14.8 Å². The molecule has 2 aliphatic heterocycles. The fraction of sp³-hybridized carbons (Fsp3) is 0.542. The number of likely N-dealkylation sites (tertiary alicyclic amines) is 1. The number of aryl methyl sites for hydroxylation is 1. The number of aromatic nitrogens is 1. The average Bonchev–Trinajstić information content (AvgIpc) is 3.37. The maximum absolute atomic E-state index is 13.6. The number of alkyl halides is 3.